The van der Waals surface area contributed by atoms with Crippen LogP contribution in [0.4, 0.5) is 4.79 Å². The molecular formula is C18H21NO4S. The molecule has 1 unspecified atom stereocenters. The van der Waals surface area contributed by atoms with Gasteiger partial charge in [0.2, 0.25) is 0 Å². The lowest BCUT2D eigenvalue weighted by Gasteiger charge is -2.37. The molecule has 1 aromatic carbocycles. The lowest BCUT2D eigenvalue weighted by molar-refractivity contribution is -0.115. The van der Waals surface area contributed by atoms with Gasteiger partial charge in [-0.1, -0.05) is 6.08 Å². The van der Waals surface area contributed by atoms with Crippen molar-refractivity contribution in [2.75, 3.05) is 0 Å². The van der Waals surface area contributed by atoms with Gasteiger partial charge in [-0.25, -0.2) is 0 Å². The zero-order valence-electron chi connectivity index (χ0n) is 14.1. The van der Waals surface area contributed by atoms with Gasteiger partial charge in [0, 0.05) is 0 Å². The summed E-state index contributed by atoms with van der Waals surface area (Å²) in [5, 5.41) is 11.9. The molecule has 3 rings (SSSR count). The number of fused-ring (bicyclic) bond motifs is 1. The highest BCUT2D eigenvalue weighted by Gasteiger charge is 2.33. The quantitative estimate of drug-likeness (QED) is 0.815. The van der Waals surface area contributed by atoms with E-state index in [1.54, 1.807) is 6.07 Å². The van der Waals surface area contributed by atoms with E-state index in [4.69, 9.17) is 4.74 Å². The first-order chi connectivity index (χ1) is 11.3. The fourth-order valence-corrected chi connectivity index (χ4v) is 3.80. The van der Waals surface area contributed by atoms with E-state index in [1.165, 1.54) is 0 Å². The number of phenolic OH excluding ortho intramolecular Hbond substituents is 1. The Labute approximate surface area is 145 Å². The second-order valence-corrected chi connectivity index (χ2v) is 7.65. The molecule has 0 aliphatic carbocycles. The van der Waals surface area contributed by atoms with Gasteiger partial charge in [-0.3, -0.25) is 14.9 Å². The lowest BCUT2D eigenvalue weighted by atomic mass is 9.87. The maximum Gasteiger partial charge on any atom is 0.290 e. The van der Waals surface area contributed by atoms with Gasteiger partial charge in [-0.2, -0.15) is 0 Å². The number of carbonyl (C=O) groups is 2. The second kappa shape index (κ2) is 6.16. The summed E-state index contributed by atoms with van der Waals surface area (Å²) in [6.07, 6.45) is 4.94. The predicted octanol–water partition coefficient (Wildman–Crippen LogP) is 3.74. The van der Waals surface area contributed by atoms with Gasteiger partial charge in [0.05, 0.1) is 4.91 Å². The van der Waals surface area contributed by atoms with E-state index in [0.717, 1.165) is 53.5 Å². The Kier molecular flexibility index (Phi) is 4.34. The first-order valence-electron chi connectivity index (χ1n) is 8.03. The number of rotatable bonds is 3. The van der Waals surface area contributed by atoms with E-state index in [2.05, 4.69) is 12.2 Å². The fourth-order valence-electron chi connectivity index (χ4n) is 3.11. The molecule has 1 saturated heterocycles. The third-order valence-electron chi connectivity index (χ3n) is 4.81. The minimum atomic E-state index is -0.317. The molecule has 1 fully saturated rings. The highest BCUT2D eigenvalue weighted by atomic mass is 32.2. The number of aromatic hydroxyl groups is 1. The Morgan fingerprint density at radius 2 is 2.12 bits per heavy atom. The second-order valence-electron chi connectivity index (χ2n) is 6.64. The summed E-state index contributed by atoms with van der Waals surface area (Å²) >= 11 is 0.947. The Morgan fingerprint density at radius 1 is 1.38 bits per heavy atom. The summed E-state index contributed by atoms with van der Waals surface area (Å²) in [5.41, 5.74) is 2.55. The van der Waals surface area contributed by atoms with Gasteiger partial charge in [0.25, 0.3) is 11.1 Å². The summed E-state index contributed by atoms with van der Waals surface area (Å²) in [6, 6.07) is 1.80. The molecule has 24 heavy (non-hydrogen) atoms. The van der Waals surface area contributed by atoms with E-state index in [1.807, 2.05) is 19.9 Å². The molecule has 0 radical (unpaired) electrons. The van der Waals surface area contributed by atoms with Crippen LogP contribution in [0.25, 0.3) is 0 Å². The summed E-state index contributed by atoms with van der Waals surface area (Å²) in [7, 11) is 0. The van der Waals surface area contributed by atoms with Gasteiger partial charge < -0.3 is 9.84 Å². The first-order valence-corrected chi connectivity index (χ1v) is 8.85. The van der Waals surface area contributed by atoms with Crippen LogP contribution >= 0.6 is 11.8 Å². The molecule has 2 heterocycles. The maximum absolute atomic E-state index is 11.5. The average molecular weight is 347 g/mol. The molecule has 1 aromatic rings. The Morgan fingerprint density at radius 3 is 2.79 bits per heavy atom. The normalized spacial score (nSPS) is 24.7. The van der Waals surface area contributed by atoms with Crippen molar-refractivity contribution >= 4 is 22.9 Å². The zero-order valence-corrected chi connectivity index (χ0v) is 14.9. The number of amides is 2. The van der Waals surface area contributed by atoms with E-state index in [-0.39, 0.29) is 16.7 Å². The van der Waals surface area contributed by atoms with Crippen LogP contribution in [0.5, 0.6) is 11.5 Å². The first kappa shape index (κ1) is 16.9. The molecular weight excluding hydrogens is 326 g/mol. The monoisotopic (exact) mass is 347 g/mol. The molecule has 2 amide bonds. The van der Waals surface area contributed by atoms with Crippen LogP contribution in [0.1, 0.15) is 42.9 Å². The van der Waals surface area contributed by atoms with Crippen LogP contribution in [0, 0.1) is 13.8 Å². The van der Waals surface area contributed by atoms with Crippen LogP contribution in [-0.2, 0) is 11.2 Å². The molecule has 2 aliphatic heterocycles. The van der Waals surface area contributed by atoms with Crippen LogP contribution < -0.4 is 10.1 Å². The molecule has 0 bridgehead atoms. The maximum atomic E-state index is 11.5. The number of nitrogens with one attached hydrogen (secondary N) is 1. The minimum absolute atomic E-state index is 0.313. The molecule has 2 aliphatic rings. The van der Waals surface area contributed by atoms with Crippen molar-refractivity contribution in [3.63, 3.8) is 0 Å². The van der Waals surface area contributed by atoms with Gasteiger partial charge in [-0.15, -0.1) is 0 Å². The summed E-state index contributed by atoms with van der Waals surface area (Å²) in [6.45, 7) is 5.92. The van der Waals surface area contributed by atoms with E-state index in [0.29, 0.717) is 17.1 Å². The molecule has 128 valence electrons. The van der Waals surface area contributed by atoms with Crippen LogP contribution in [0.15, 0.2) is 17.0 Å². The van der Waals surface area contributed by atoms with E-state index >= 15 is 0 Å². The molecule has 2 N–H and O–H groups in total. The van der Waals surface area contributed by atoms with Crippen LogP contribution in [0.2, 0.25) is 0 Å². The number of hydrogen-bond acceptors (Lipinski definition) is 5. The summed E-state index contributed by atoms with van der Waals surface area (Å²) in [4.78, 5) is 23.2. The Hall–Kier alpha value is -1.95. The highest BCUT2D eigenvalue weighted by molar-refractivity contribution is 8.18. The number of thioether (sulfide) groups is 1. The summed E-state index contributed by atoms with van der Waals surface area (Å²) < 4.78 is 6.28. The van der Waals surface area contributed by atoms with E-state index < -0.39 is 0 Å². The van der Waals surface area contributed by atoms with Crippen molar-refractivity contribution in [2.45, 2.75) is 52.1 Å². The van der Waals surface area contributed by atoms with Crippen LogP contribution in [-0.4, -0.2) is 21.9 Å². The SMILES string of the molecule is Cc1c(O)cc2c(c1C)OC(C)(CC/C=C1/SC(=O)NC1=O)CC2. The fraction of sp³-hybridized carbons (Fsp3) is 0.444. The lowest BCUT2D eigenvalue weighted by Crippen LogP contribution is -2.36. The predicted molar refractivity (Wildman–Crippen MR) is 93.4 cm³/mol. The van der Waals surface area contributed by atoms with Gasteiger partial charge >= 0.3 is 0 Å². The molecule has 6 heteroatoms. The number of ether oxygens (including phenoxy) is 1. The third kappa shape index (κ3) is 3.15. The van der Waals surface area contributed by atoms with Crippen molar-refractivity contribution < 1.29 is 19.4 Å². The van der Waals surface area contributed by atoms with Gasteiger partial charge in [0.1, 0.15) is 17.1 Å². The highest BCUT2D eigenvalue weighted by Crippen LogP contribution is 2.41. The van der Waals surface area contributed by atoms with Crippen LogP contribution in [0.3, 0.4) is 0 Å². The number of allylic oxidation sites excluding steroid dienone is 1. The Bertz CT molecular complexity index is 756. The number of aryl methyl sites for hydroxylation is 1. The third-order valence-corrected chi connectivity index (χ3v) is 5.67. The average Bonchev–Trinajstić information content (AvgIpc) is 2.84. The van der Waals surface area contributed by atoms with Gasteiger partial charge in [0.15, 0.2) is 0 Å². The number of benzene rings is 1. The molecule has 0 spiro atoms. The Balaban J connectivity index is 1.72. The number of phenols is 1. The van der Waals surface area contributed by atoms with Gasteiger partial charge in [-0.05, 0) is 81.0 Å². The smallest absolute Gasteiger partial charge is 0.290 e. The van der Waals surface area contributed by atoms with Crippen molar-refractivity contribution in [1.82, 2.24) is 5.32 Å². The number of carbonyl (C=O) groups excluding carboxylic acids is 2. The number of hydrogen-bond donors (Lipinski definition) is 2. The summed E-state index contributed by atoms with van der Waals surface area (Å²) in [5.74, 6) is 0.874. The van der Waals surface area contributed by atoms with Crippen molar-refractivity contribution in [3.05, 3.63) is 33.7 Å². The minimum Gasteiger partial charge on any atom is -0.508 e. The molecule has 1 atom stereocenters. The number of imide groups is 1. The zero-order chi connectivity index (χ0) is 17.5. The molecule has 0 aromatic heterocycles. The topological polar surface area (TPSA) is 75.6 Å². The molecule has 5 nitrogen and oxygen atoms in total. The van der Waals surface area contributed by atoms with Crippen molar-refractivity contribution in [1.29, 1.82) is 0 Å². The molecule has 0 saturated carbocycles. The van der Waals surface area contributed by atoms with E-state index in [9.17, 15) is 14.7 Å². The van der Waals surface area contributed by atoms with Crippen molar-refractivity contribution in [2.24, 2.45) is 0 Å². The van der Waals surface area contributed by atoms with Crippen molar-refractivity contribution in [3.8, 4) is 11.5 Å². The standard InChI is InChI=1S/C18H21NO4S/c1-10-11(2)15-12(9-13(10)20)6-8-18(3,23-15)7-4-5-14-16(21)19-17(22)24-14/h5,9,20H,4,6-8H2,1-3H3,(H,19,21,22)/b14-5+. The largest absolute Gasteiger partial charge is 0.508 e.